The van der Waals surface area contributed by atoms with Crippen molar-refractivity contribution in [1.29, 1.82) is 0 Å². The Morgan fingerprint density at radius 1 is 1.63 bits per heavy atom. The number of likely N-dealkylation sites (tertiary alicyclic amines) is 1. The second-order valence-corrected chi connectivity index (χ2v) is 5.56. The van der Waals surface area contributed by atoms with E-state index < -0.39 is 0 Å². The molecule has 4 nitrogen and oxygen atoms in total. The molecule has 1 amide bonds. The molecular weight excluding hydrogens is 238 g/mol. The summed E-state index contributed by atoms with van der Waals surface area (Å²) in [5, 5.41) is 0. The van der Waals surface area contributed by atoms with Gasteiger partial charge in [0.05, 0.1) is 5.92 Å². The van der Waals surface area contributed by atoms with E-state index >= 15 is 0 Å². The van der Waals surface area contributed by atoms with Crippen LogP contribution in [0.2, 0.25) is 0 Å². The molecule has 0 radical (unpaired) electrons. The smallest absolute Gasteiger partial charge is 0.230 e. The topological polar surface area (TPSA) is 59.2 Å². The van der Waals surface area contributed by atoms with Gasteiger partial charge in [0.1, 0.15) is 0 Å². The number of nitrogens with two attached hydrogens (primary N) is 1. The van der Waals surface area contributed by atoms with Crippen LogP contribution in [0.3, 0.4) is 0 Å². The van der Waals surface area contributed by atoms with Gasteiger partial charge in [-0.2, -0.15) is 0 Å². The van der Waals surface area contributed by atoms with Crippen molar-refractivity contribution < 1.29 is 4.79 Å². The molecule has 0 saturated carbocycles. The summed E-state index contributed by atoms with van der Waals surface area (Å²) >= 11 is 0. The van der Waals surface area contributed by atoms with Crippen molar-refractivity contribution in [2.45, 2.75) is 38.6 Å². The van der Waals surface area contributed by atoms with Crippen LogP contribution in [0, 0.1) is 5.92 Å². The van der Waals surface area contributed by atoms with Gasteiger partial charge in [0.25, 0.3) is 0 Å². The van der Waals surface area contributed by atoms with Crippen LogP contribution in [-0.2, 0) is 4.79 Å². The maximum atomic E-state index is 12.6. The molecule has 1 aromatic heterocycles. The molecule has 1 aromatic rings. The predicted molar refractivity (Wildman–Crippen MR) is 75.6 cm³/mol. The summed E-state index contributed by atoms with van der Waals surface area (Å²) in [5.41, 5.74) is 6.80. The number of aromatic nitrogens is 1. The Labute approximate surface area is 115 Å². The molecule has 104 valence electrons. The third kappa shape index (κ3) is 3.13. The number of carbonyl (C=O) groups is 1. The first-order valence-electron chi connectivity index (χ1n) is 7.04. The zero-order valence-electron chi connectivity index (χ0n) is 11.7. The number of nitrogens with zero attached hydrogens (tertiary/aromatic N) is 2. The van der Waals surface area contributed by atoms with E-state index in [0.29, 0.717) is 12.5 Å². The molecule has 1 fully saturated rings. The van der Waals surface area contributed by atoms with Gasteiger partial charge in [-0.15, -0.1) is 0 Å². The van der Waals surface area contributed by atoms with E-state index in [4.69, 9.17) is 5.73 Å². The lowest BCUT2D eigenvalue weighted by Gasteiger charge is -2.39. The third-order valence-electron chi connectivity index (χ3n) is 4.09. The number of pyridine rings is 1. The van der Waals surface area contributed by atoms with Crippen molar-refractivity contribution in [1.82, 2.24) is 9.88 Å². The minimum Gasteiger partial charge on any atom is -0.338 e. The molecule has 1 saturated heterocycles. The van der Waals surface area contributed by atoms with Gasteiger partial charge in [0.2, 0.25) is 5.91 Å². The fourth-order valence-electron chi connectivity index (χ4n) is 2.79. The van der Waals surface area contributed by atoms with Crippen LogP contribution in [0.4, 0.5) is 0 Å². The van der Waals surface area contributed by atoms with Gasteiger partial charge >= 0.3 is 0 Å². The van der Waals surface area contributed by atoms with Crippen LogP contribution in [0.5, 0.6) is 0 Å². The molecule has 2 rings (SSSR count). The van der Waals surface area contributed by atoms with Gasteiger partial charge in [-0.05, 0) is 37.3 Å². The zero-order valence-corrected chi connectivity index (χ0v) is 11.7. The lowest BCUT2D eigenvalue weighted by atomic mass is 9.90. The number of hydrogen-bond acceptors (Lipinski definition) is 3. The summed E-state index contributed by atoms with van der Waals surface area (Å²) in [6, 6.07) is 4.02. The van der Waals surface area contributed by atoms with Gasteiger partial charge in [-0.1, -0.05) is 13.0 Å². The number of carbonyl (C=O) groups excluding carboxylic acids is 1. The highest BCUT2D eigenvalue weighted by molar-refractivity contribution is 5.83. The van der Waals surface area contributed by atoms with E-state index in [1.165, 1.54) is 0 Å². The van der Waals surface area contributed by atoms with E-state index in [9.17, 15) is 4.79 Å². The van der Waals surface area contributed by atoms with Crippen LogP contribution in [0.1, 0.15) is 38.2 Å². The van der Waals surface area contributed by atoms with Crippen LogP contribution in [0.25, 0.3) is 0 Å². The minimum atomic E-state index is -0.142. The Morgan fingerprint density at radius 2 is 2.42 bits per heavy atom. The maximum absolute atomic E-state index is 12.6. The summed E-state index contributed by atoms with van der Waals surface area (Å²) < 4.78 is 0. The SMILES string of the molecule is CC1CCN(C(=O)C(C)c2cccnc2)C(CN)C1. The minimum absolute atomic E-state index is 0.142. The first-order chi connectivity index (χ1) is 9.13. The van der Waals surface area contributed by atoms with Crippen LogP contribution in [-0.4, -0.2) is 34.9 Å². The first kappa shape index (κ1) is 14.0. The monoisotopic (exact) mass is 261 g/mol. The van der Waals surface area contributed by atoms with Crippen molar-refractivity contribution in [3.8, 4) is 0 Å². The normalized spacial score (nSPS) is 25.1. The molecule has 0 bridgehead atoms. The van der Waals surface area contributed by atoms with E-state index in [-0.39, 0.29) is 17.9 Å². The van der Waals surface area contributed by atoms with Gasteiger partial charge in [-0.3, -0.25) is 9.78 Å². The number of amides is 1. The second-order valence-electron chi connectivity index (χ2n) is 5.56. The zero-order chi connectivity index (χ0) is 13.8. The summed E-state index contributed by atoms with van der Waals surface area (Å²) in [5.74, 6) is 0.692. The molecule has 0 aromatic carbocycles. The molecule has 1 aliphatic heterocycles. The third-order valence-corrected chi connectivity index (χ3v) is 4.09. The lowest BCUT2D eigenvalue weighted by Crippen LogP contribution is -2.50. The van der Waals surface area contributed by atoms with Gasteiger partial charge in [0, 0.05) is 31.5 Å². The Balaban J connectivity index is 2.10. The number of hydrogen-bond donors (Lipinski definition) is 1. The van der Waals surface area contributed by atoms with E-state index in [1.54, 1.807) is 12.4 Å². The molecule has 0 spiro atoms. The summed E-state index contributed by atoms with van der Waals surface area (Å²) in [7, 11) is 0. The summed E-state index contributed by atoms with van der Waals surface area (Å²) in [6.45, 7) is 5.56. The number of rotatable bonds is 3. The number of piperidine rings is 1. The molecule has 2 N–H and O–H groups in total. The Hall–Kier alpha value is -1.42. The first-order valence-corrected chi connectivity index (χ1v) is 7.04. The highest BCUT2D eigenvalue weighted by atomic mass is 16.2. The van der Waals surface area contributed by atoms with Crippen molar-refractivity contribution in [3.63, 3.8) is 0 Å². The fraction of sp³-hybridized carbons (Fsp3) is 0.600. The van der Waals surface area contributed by atoms with E-state index in [1.807, 2.05) is 24.0 Å². The molecule has 1 aliphatic rings. The predicted octanol–water partition coefficient (Wildman–Crippen LogP) is 1.77. The van der Waals surface area contributed by atoms with Gasteiger partial charge < -0.3 is 10.6 Å². The molecule has 3 unspecified atom stereocenters. The van der Waals surface area contributed by atoms with Crippen molar-refractivity contribution in [2.75, 3.05) is 13.1 Å². The highest BCUT2D eigenvalue weighted by Crippen LogP contribution is 2.26. The Kier molecular flexibility index (Phi) is 4.53. The standard InChI is InChI=1S/C15H23N3O/c1-11-5-7-18(14(8-11)9-16)15(19)12(2)13-4-3-6-17-10-13/h3-4,6,10-12,14H,5,7-9,16H2,1-2H3. The van der Waals surface area contributed by atoms with E-state index in [0.717, 1.165) is 24.9 Å². The average molecular weight is 261 g/mol. The fourth-order valence-corrected chi connectivity index (χ4v) is 2.79. The quantitative estimate of drug-likeness (QED) is 0.902. The lowest BCUT2D eigenvalue weighted by molar-refractivity contribution is -0.136. The van der Waals surface area contributed by atoms with Crippen LogP contribution >= 0.6 is 0 Å². The molecular formula is C15H23N3O. The van der Waals surface area contributed by atoms with E-state index in [2.05, 4.69) is 11.9 Å². The molecule has 3 atom stereocenters. The van der Waals surface area contributed by atoms with Crippen LogP contribution < -0.4 is 5.73 Å². The van der Waals surface area contributed by atoms with Gasteiger partial charge in [0.15, 0.2) is 0 Å². The highest BCUT2D eigenvalue weighted by Gasteiger charge is 2.31. The molecule has 2 heterocycles. The van der Waals surface area contributed by atoms with Crippen molar-refractivity contribution in [3.05, 3.63) is 30.1 Å². The average Bonchev–Trinajstić information content (AvgIpc) is 2.46. The van der Waals surface area contributed by atoms with Crippen LogP contribution in [0.15, 0.2) is 24.5 Å². The largest absolute Gasteiger partial charge is 0.338 e. The second kappa shape index (κ2) is 6.15. The van der Waals surface area contributed by atoms with Gasteiger partial charge in [-0.25, -0.2) is 0 Å². The van der Waals surface area contributed by atoms with Crippen molar-refractivity contribution >= 4 is 5.91 Å². The molecule has 4 heteroatoms. The molecule has 0 aliphatic carbocycles. The Morgan fingerprint density at radius 3 is 3.05 bits per heavy atom. The Bertz CT molecular complexity index is 421. The molecule has 19 heavy (non-hydrogen) atoms. The summed E-state index contributed by atoms with van der Waals surface area (Å²) in [6.07, 6.45) is 5.59. The van der Waals surface area contributed by atoms with Crippen molar-refractivity contribution in [2.24, 2.45) is 11.7 Å². The summed E-state index contributed by atoms with van der Waals surface area (Å²) in [4.78, 5) is 18.7. The maximum Gasteiger partial charge on any atom is 0.230 e.